The van der Waals surface area contributed by atoms with E-state index in [1.165, 1.54) is 16.7 Å². The summed E-state index contributed by atoms with van der Waals surface area (Å²) in [5.74, 6) is 1.85. The highest BCUT2D eigenvalue weighted by Crippen LogP contribution is 2.27. The minimum absolute atomic E-state index is 0.119. The van der Waals surface area contributed by atoms with E-state index in [2.05, 4.69) is 127 Å². The molecule has 5 rings (SSSR count). The fraction of sp³-hybridized carbons (Fsp3) is 0.133. The van der Waals surface area contributed by atoms with Crippen LogP contribution in [0, 0.1) is 0 Å². The van der Waals surface area contributed by atoms with E-state index in [1.807, 2.05) is 12.1 Å². The van der Waals surface area contributed by atoms with Crippen LogP contribution in [-0.2, 0) is 5.41 Å². The number of hydrogen-bond acceptors (Lipinski definition) is 1. The Morgan fingerprint density at radius 1 is 0.576 bits per heavy atom. The molecule has 1 N–H and O–H groups in total. The summed E-state index contributed by atoms with van der Waals surface area (Å²) in [6.45, 7) is 6.71. The van der Waals surface area contributed by atoms with Gasteiger partial charge in [0, 0.05) is 5.10 Å². The van der Waals surface area contributed by atoms with Crippen molar-refractivity contribution in [2.45, 2.75) is 26.2 Å². The van der Waals surface area contributed by atoms with Gasteiger partial charge in [-0.15, -0.1) is 5.10 Å². The zero-order valence-corrected chi connectivity index (χ0v) is 19.3. The van der Waals surface area contributed by atoms with E-state index < -0.39 is 0 Å². The topological polar surface area (TPSA) is 32.6 Å². The fourth-order valence-electron chi connectivity index (χ4n) is 4.10. The van der Waals surface area contributed by atoms with Gasteiger partial charge in [-0.3, -0.25) is 0 Å². The molecule has 3 nitrogen and oxygen atoms in total. The predicted octanol–water partition coefficient (Wildman–Crippen LogP) is 6.98. The molecule has 162 valence electrons. The lowest BCUT2D eigenvalue weighted by Gasteiger charge is -2.18. The first-order valence-electron chi connectivity index (χ1n) is 11.3. The molecule has 0 aliphatic carbocycles. The standard InChI is InChI=1S/C30H27N3/c1-30(2,3)26-20-18-25(19-21-26)29-32-31-28(33(29)27-12-8-5-9-13-27)24-16-14-23(15-17-24)22-10-6-4-7-11-22/h4-21H,1-3H3/p+1. The Labute approximate surface area is 195 Å². The Morgan fingerprint density at radius 3 is 1.70 bits per heavy atom. The fourth-order valence-corrected chi connectivity index (χ4v) is 4.10. The number of benzene rings is 4. The van der Waals surface area contributed by atoms with E-state index in [-0.39, 0.29) is 5.41 Å². The van der Waals surface area contributed by atoms with Crippen molar-refractivity contribution in [1.29, 1.82) is 0 Å². The third kappa shape index (κ3) is 4.22. The molecule has 0 bridgehead atoms. The summed E-state index contributed by atoms with van der Waals surface area (Å²) in [7, 11) is 0. The molecule has 5 aromatic rings. The largest absolute Gasteiger partial charge is 0.314 e. The number of aromatic nitrogens is 3. The van der Waals surface area contributed by atoms with E-state index in [0.717, 1.165) is 28.5 Å². The maximum absolute atomic E-state index is 4.75. The van der Waals surface area contributed by atoms with E-state index in [4.69, 9.17) is 5.10 Å². The Balaban J connectivity index is 1.60. The zero-order chi connectivity index (χ0) is 22.8. The third-order valence-electron chi connectivity index (χ3n) is 5.99. The van der Waals surface area contributed by atoms with Gasteiger partial charge in [-0.25, -0.2) is 0 Å². The highest BCUT2D eigenvalue weighted by molar-refractivity contribution is 5.67. The summed E-state index contributed by atoms with van der Waals surface area (Å²) in [4.78, 5) is 0. The lowest BCUT2D eigenvalue weighted by molar-refractivity contribution is -0.572. The molecule has 0 radical (unpaired) electrons. The van der Waals surface area contributed by atoms with Crippen molar-refractivity contribution in [2.24, 2.45) is 0 Å². The zero-order valence-electron chi connectivity index (χ0n) is 19.3. The summed E-state index contributed by atoms with van der Waals surface area (Å²) >= 11 is 0. The molecular weight excluding hydrogens is 402 g/mol. The molecule has 0 amide bonds. The first kappa shape index (κ1) is 20.9. The summed E-state index contributed by atoms with van der Waals surface area (Å²) in [6, 6.07) is 38.2. The number of rotatable bonds is 4. The monoisotopic (exact) mass is 430 g/mol. The highest BCUT2D eigenvalue weighted by atomic mass is 15.3. The number of aromatic amines is 1. The van der Waals surface area contributed by atoms with Crippen LogP contribution in [0.2, 0.25) is 0 Å². The van der Waals surface area contributed by atoms with E-state index in [0.29, 0.717) is 0 Å². The van der Waals surface area contributed by atoms with Crippen LogP contribution in [0.15, 0.2) is 109 Å². The van der Waals surface area contributed by atoms with Gasteiger partial charge in [0.25, 0.3) is 5.82 Å². The number of nitrogens with one attached hydrogen (secondary N) is 1. The average Bonchev–Trinajstić information content (AvgIpc) is 3.30. The number of hydrogen-bond donors (Lipinski definition) is 1. The number of nitrogens with zero attached hydrogens (tertiary/aromatic N) is 2. The summed E-state index contributed by atoms with van der Waals surface area (Å²) in [5, 5.41) is 8.06. The van der Waals surface area contributed by atoms with Gasteiger partial charge in [0.05, 0.1) is 11.1 Å². The van der Waals surface area contributed by atoms with Gasteiger partial charge in [-0.2, -0.15) is 4.57 Å². The Hall–Kier alpha value is -3.98. The summed E-state index contributed by atoms with van der Waals surface area (Å²) < 4.78 is 2.20. The van der Waals surface area contributed by atoms with Gasteiger partial charge in [0.15, 0.2) is 0 Å². The van der Waals surface area contributed by atoms with Crippen molar-refractivity contribution in [3.8, 4) is 39.6 Å². The van der Waals surface area contributed by atoms with Crippen LogP contribution in [0.3, 0.4) is 0 Å². The maximum atomic E-state index is 4.75. The smallest absolute Gasteiger partial charge is 0.190 e. The summed E-state index contributed by atoms with van der Waals surface area (Å²) in [5.41, 5.74) is 7.07. The van der Waals surface area contributed by atoms with Crippen molar-refractivity contribution in [2.75, 3.05) is 0 Å². The molecule has 1 aromatic heterocycles. The lowest BCUT2D eigenvalue weighted by atomic mass is 9.86. The second-order valence-electron chi connectivity index (χ2n) is 9.34. The van der Waals surface area contributed by atoms with Gasteiger partial charge in [-0.1, -0.05) is 93.6 Å². The van der Waals surface area contributed by atoms with Gasteiger partial charge < -0.3 is 0 Å². The molecule has 0 saturated heterocycles. The SMILES string of the molecule is CC(C)(C)c1ccc(-c2[nH]nc(-c3ccc(-c4ccccc4)cc3)[n+]2-c2ccccc2)cc1. The lowest BCUT2D eigenvalue weighted by Crippen LogP contribution is -2.34. The molecule has 0 aliphatic heterocycles. The molecule has 0 fully saturated rings. The molecule has 0 spiro atoms. The quantitative estimate of drug-likeness (QED) is 0.306. The Kier molecular flexibility index (Phi) is 5.39. The molecule has 0 unspecified atom stereocenters. The predicted molar refractivity (Wildman–Crippen MR) is 135 cm³/mol. The van der Waals surface area contributed by atoms with Crippen LogP contribution < -0.4 is 4.57 Å². The molecular formula is C30H28N3+. The molecule has 3 heteroatoms. The minimum Gasteiger partial charge on any atom is -0.190 e. The summed E-state index contributed by atoms with van der Waals surface area (Å²) in [6.07, 6.45) is 0. The van der Waals surface area contributed by atoms with Crippen LogP contribution in [0.1, 0.15) is 26.3 Å². The molecule has 1 heterocycles. The molecule has 4 aromatic carbocycles. The van der Waals surface area contributed by atoms with E-state index in [1.54, 1.807) is 0 Å². The first-order valence-corrected chi connectivity index (χ1v) is 11.3. The van der Waals surface area contributed by atoms with Gasteiger partial charge in [-0.05, 0) is 58.5 Å². The highest BCUT2D eigenvalue weighted by Gasteiger charge is 2.25. The Morgan fingerprint density at radius 2 is 1.09 bits per heavy atom. The normalized spacial score (nSPS) is 11.5. The number of para-hydroxylation sites is 1. The van der Waals surface area contributed by atoms with Crippen molar-refractivity contribution in [3.05, 3.63) is 115 Å². The van der Waals surface area contributed by atoms with Crippen LogP contribution >= 0.6 is 0 Å². The van der Waals surface area contributed by atoms with E-state index in [9.17, 15) is 0 Å². The van der Waals surface area contributed by atoms with Crippen LogP contribution in [0.4, 0.5) is 0 Å². The van der Waals surface area contributed by atoms with Gasteiger partial charge in [0.1, 0.15) is 5.69 Å². The second kappa shape index (κ2) is 8.51. The first-order chi connectivity index (χ1) is 16.0. The van der Waals surface area contributed by atoms with Crippen molar-refractivity contribution in [1.82, 2.24) is 10.2 Å². The van der Waals surface area contributed by atoms with Crippen molar-refractivity contribution >= 4 is 0 Å². The van der Waals surface area contributed by atoms with Crippen LogP contribution in [0.5, 0.6) is 0 Å². The average molecular weight is 431 g/mol. The van der Waals surface area contributed by atoms with Gasteiger partial charge >= 0.3 is 5.82 Å². The van der Waals surface area contributed by atoms with Gasteiger partial charge in [0.2, 0.25) is 0 Å². The van der Waals surface area contributed by atoms with E-state index >= 15 is 0 Å². The molecule has 33 heavy (non-hydrogen) atoms. The van der Waals surface area contributed by atoms with Crippen LogP contribution in [0.25, 0.3) is 39.6 Å². The minimum atomic E-state index is 0.119. The number of H-pyrrole nitrogens is 1. The molecule has 0 aliphatic rings. The second-order valence-corrected chi connectivity index (χ2v) is 9.34. The third-order valence-corrected chi connectivity index (χ3v) is 5.99. The van der Waals surface area contributed by atoms with Crippen molar-refractivity contribution in [3.63, 3.8) is 0 Å². The van der Waals surface area contributed by atoms with Crippen LogP contribution in [-0.4, -0.2) is 10.2 Å². The maximum Gasteiger partial charge on any atom is 0.314 e. The molecule has 0 atom stereocenters. The Bertz CT molecular complexity index is 1340. The van der Waals surface area contributed by atoms with Crippen molar-refractivity contribution < 1.29 is 4.57 Å². The molecule has 0 saturated carbocycles.